The SMILES string of the molecule is Cl.N[C@H](c1cc(C(F)(F)F)cc(Cl)c1F)C1CCCCC1. The van der Waals surface area contributed by atoms with Gasteiger partial charge in [0.15, 0.2) is 0 Å². The molecule has 0 aliphatic heterocycles. The van der Waals surface area contributed by atoms with Gasteiger partial charge in [0.2, 0.25) is 0 Å². The Hall–Kier alpha value is -0.520. The van der Waals surface area contributed by atoms with Gasteiger partial charge in [-0.15, -0.1) is 12.4 Å². The Morgan fingerprint density at radius 2 is 1.71 bits per heavy atom. The van der Waals surface area contributed by atoms with Gasteiger partial charge >= 0.3 is 6.18 Å². The maximum Gasteiger partial charge on any atom is 0.416 e. The molecule has 1 aromatic rings. The Kier molecular flexibility index (Phi) is 6.32. The highest BCUT2D eigenvalue weighted by atomic mass is 35.5. The maximum atomic E-state index is 14.0. The highest BCUT2D eigenvalue weighted by Gasteiger charge is 2.34. The van der Waals surface area contributed by atoms with Crippen LogP contribution in [0.15, 0.2) is 12.1 Å². The Morgan fingerprint density at radius 3 is 2.24 bits per heavy atom. The molecule has 1 nitrogen and oxygen atoms in total. The predicted molar refractivity (Wildman–Crippen MR) is 77.2 cm³/mol. The Labute approximate surface area is 132 Å². The van der Waals surface area contributed by atoms with E-state index in [4.69, 9.17) is 17.3 Å². The third-order valence-corrected chi connectivity index (χ3v) is 4.18. The van der Waals surface area contributed by atoms with Crippen LogP contribution in [0.4, 0.5) is 17.6 Å². The number of benzene rings is 1. The van der Waals surface area contributed by atoms with Crippen LogP contribution in [0.1, 0.15) is 49.3 Å². The lowest BCUT2D eigenvalue weighted by molar-refractivity contribution is -0.137. The summed E-state index contributed by atoms with van der Waals surface area (Å²) in [6.07, 6.45) is 0.121. The summed E-state index contributed by atoms with van der Waals surface area (Å²) in [7, 11) is 0. The van der Waals surface area contributed by atoms with Gasteiger partial charge in [-0.2, -0.15) is 13.2 Å². The third kappa shape index (κ3) is 4.24. The first-order valence-corrected chi connectivity index (χ1v) is 7.00. The second-order valence-electron chi connectivity index (χ2n) is 5.28. The lowest BCUT2D eigenvalue weighted by Gasteiger charge is -2.28. The molecule has 1 aromatic carbocycles. The molecule has 2 rings (SSSR count). The van der Waals surface area contributed by atoms with Crippen molar-refractivity contribution in [3.8, 4) is 0 Å². The van der Waals surface area contributed by atoms with E-state index in [0.29, 0.717) is 6.07 Å². The van der Waals surface area contributed by atoms with Gasteiger partial charge in [0, 0.05) is 11.6 Å². The van der Waals surface area contributed by atoms with Gasteiger partial charge in [0.1, 0.15) is 5.82 Å². The summed E-state index contributed by atoms with van der Waals surface area (Å²) < 4.78 is 52.3. The molecule has 1 fully saturated rings. The molecule has 7 heteroatoms. The van der Waals surface area contributed by atoms with Crippen molar-refractivity contribution in [2.45, 2.75) is 44.3 Å². The summed E-state index contributed by atoms with van der Waals surface area (Å²) in [5.41, 5.74) is 4.90. The first-order chi connectivity index (χ1) is 9.30. The molecule has 1 aliphatic rings. The van der Waals surface area contributed by atoms with Crippen molar-refractivity contribution in [2.75, 3.05) is 0 Å². The van der Waals surface area contributed by atoms with Crippen LogP contribution in [0.2, 0.25) is 5.02 Å². The second kappa shape index (κ2) is 7.16. The highest BCUT2D eigenvalue weighted by molar-refractivity contribution is 6.30. The van der Waals surface area contributed by atoms with Crippen molar-refractivity contribution in [2.24, 2.45) is 11.7 Å². The van der Waals surface area contributed by atoms with Crippen LogP contribution in [-0.2, 0) is 6.18 Å². The predicted octanol–water partition coefficient (Wildman–Crippen LogP) is 5.50. The van der Waals surface area contributed by atoms with E-state index >= 15 is 0 Å². The number of hydrogen-bond acceptors (Lipinski definition) is 1. The van der Waals surface area contributed by atoms with Crippen molar-refractivity contribution in [3.63, 3.8) is 0 Å². The van der Waals surface area contributed by atoms with Crippen molar-refractivity contribution >= 4 is 24.0 Å². The molecule has 0 radical (unpaired) electrons. The van der Waals surface area contributed by atoms with Crippen LogP contribution in [0, 0.1) is 11.7 Å². The fourth-order valence-corrected chi connectivity index (χ4v) is 2.99. The highest BCUT2D eigenvalue weighted by Crippen LogP contribution is 2.39. The molecule has 0 saturated heterocycles. The van der Waals surface area contributed by atoms with Gasteiger partial charge in [-0.05, 0) is 30.9 Å². The van der Waals surface area contributed by atoms with Crippen molar-refractivity contribution < 1.29 is 17.6 Å². The number of halogens is 6. The van der Waals surface area contributed by atoms with E-state index in [2.05, 4.69) is 0 Å². The van der Waals surface area contributed by atoms with E-state index in [1.54, 1.807) is 0 Å². The maximum absolute atomic E-state index is 14.0. The Bertz CT molecular complexity index is 485. The molecule has 1 atom stereocenters. The van der Waals surface area contributed by atoms with E-state index in [1.807, 2.05) is 0 Å². The summed E-state index contributed by atoms with van der Waals surface area (Å²) in [6.45, 7) is 0. The minimum absolute atomic E-state index is 0. The summed E-state index contributed by atoms with van der Waals surface area (Å²) in [5, 5.41) is -0.527. The molecule has 21 heavy (non-hydrogen) atoms. The zero-order chi connectivity index (χ0) is 14.9. The van der Waals surface area contributed by atoms with Gasteiger partial charge in [-0.1, -0.05) is 30.9 Å². The van der Waals surface area contributed by atoms with E-state index in [-0.39, 0.29) is 23.9 Å². The largest absolute Gasteiger partial charge is 0.416 e. The second-order valence-corrected chi connectivity index (χ2v) is 5.69. The summed E-state index contributed by atoms with van der Waals surface area (Å²) in [6, 6.07) is 0.657. The molecule has 0 spiro atoms. The fourth-order valence-electron chi connectivity index (χ4n) is 2.76. The zero-order valence-corrected chi connectivity index (χ0v) is 12.8. The number of rotatable bonds is 2. The minimum atomic E-state index is -4.56. The first kappa shape index (κ1) is 18.5. The summed E-state index contributed by atoms with van der Waals surface area (Å²) in [4.78, 5) is 0. The lowest BCUT2D eigenvalue weighted by atomic mass is 9.81. The monoisotopic (exact) mass is 345 g/mol. The third-order valence-electron chi connectivity index (χ3n) is 3.90. The normalized spacial score (nSPS) is 18.2. The fraction of sp³-hybridized carbons (Fsp3) is 0.571. The van der Waals surface area contributed by atoms with Crippen LogP contribution in [0.3, 0.4) is 0 Å². The molecule has 0 heterocycles. The van der Waals surface area contributed by atoms with Crippen LogP contribution >= 0.6 is 24.0 Å². The van der Waals surface area contributed by atoms with Crippen LogP contribution in [0.25, 0.3) is 0 Å². The summed E-state index contributed by atoms with van der Waals surface area (Å²) in [5.74, 6) is -0.824. The van der Waals surface area contributed by atoms with Crippen LogP contribution in [0.5, 0.6) is 0 Å². The lowest BCUT2D eigenvalue weighted by Crippen LogP contribution is -2.25. The van der Waals surface area contributed by atoms with Gasteiger partial charge in [-0.3, -0.25) is 0 Å². The van der Waals surface area contributed by atoms with Gasteiger partial charge in [0.05, 0.1) is 10.6 Å². The van der Waals surface area contributed by atoms with E-state index in [1.165, 1.54) is 0 Å². The first-order valence-electron chi connectivity index (χ1n) is 6.62. The molecule has 0 aromatic heterocycles. The molecule has 2 N–H and O–H groups in total. The number of alkyl halides is 3. The molecule has 0 bridgehead atoms. The van der Waals surface area contributed by atoms with Gasteiger partial charge in [0.25, 0.3) is 0 Å². The molecule has 1 aliphatic carbocycles. The van der Waals surface area contributed by atoms with E-state index in [9.17, 15) is 17.6 Å². The average Bonchev–Trinajstić information content (AvgIpc) is 2.40. The van der Waals surface area contributed by atoms with Crippen molar-refractivity contribution in [1.82, 2.24) is 0 Å². The number of nitrogens with two attached hydrogens (primary N) is 1. The number of hydrogen-bond donors (Lipinski definition) is 1. The van der Waals surface area contributed by atoms with Crippen LogP contribution < -0.4 is 5.73 Å². The topological polar surface area (TPSA) is 26.0 Å². The molecule has 120 valence electrons. The standard InChI is InChI=1S/C14H16ClF4N.ClH/c15-11-7-9(14(17,18)19)6-10(12(11)16)13(20)8-4-2-1-3-5-8;/h6-8,13H,1-5,20H2;1H/t13-;/m0./s1. The molecular formula is C14H17Cl2F4N. The Balaban J connectivity index is 0.00000220. The summed E-state index contributed by atoms with van der Waals surface area (Å²) >= 11 is 5.58. The molecule has 0 amide bonds. The van der Waals surface area contributed by atoms with E-state index in [0.717, 1.165) is 38.2 Å². The Morgan fingerprint density at radius 1 is 1.14 bits per heavy atom. The smallest absolute Gasteiger partial charge is 0.324 e. The quantitative estimate of drug-likeness (QED) is 0.703. The van der Waals surface area contributed by atoms with E-state index < -0.39 is 28.6 Å². The minimum Gasteiger partial charge on any atom is -0.324 e. The molecular weight excluding hydrogens is 329 g/mol. The van der Waals surface area contributed by atoms with Gasteiger partial charge in [-0.25, -0.2) is 4.39 Å². The van der Waals surface area contributed by atoms with Gasteiger partial charge < -0.3 is 5.73 Å². The van der Waals surface area contributed by atoms with Crippen LogP contribution in [-0.4, -0.2) is 0 Å². The molecule has 0 unspecified atom stereocenters. The van der Waals surface area contributed by atoms with Crippen molar-refractivity contribution in [1.29, 1.82) is 0 Å². The molecule has 1 saturated carbocycles. The van der Waals surface area contributed by atoms with Crippen molar-refractivity contribution in [3.05, 3.63) is 34.1 Å². The zero-order valence-electron chi connectivity index (χ0n) is 11.2. The average molecular weight is 346 g/mol.